The Hall–Kier alpha value is -0.910. The standard InChI is InChI=1S/C21H39N5O2S.HI/c1-16(2)25-29(27,28)15-20-11-9-8-10-19(20)14-24-21(22-7)23-12-13-26(17(3)4)18(5)6;/h8-11,16-18,25H,12-15H2,1-7H3,(H2,22,23,24);1H. The van der Waals surface area contributed by atoms with Crippen LogP contribution in [0.3, 0.4) is 0 Å². The van der Waals surface area contributed by atoms with E-state index in [0.29, 0.717) is 24.6 Å². The minimum atomic E-state index is -3.37. The predicted octanol–water partition coefficient (Wildman–Crippen LogP) is 2.92. The molecule has 0 aromatic heterocycles. The van der Waals surface area contributed by atoms with Crippen LogP contribution in [0, 0.1) is 0 Å². The fraction of sp³-hybridized carbons (Fsp3) is 0.667. The average Bonchev–Trinajstić information content (AvgIpc) is 2.60. The summed E-state index contributed by atoms with van der Waals surface area (Å²) in [6.07, 6.45) is 0. The minimum Gasteiger partial charge on any atom is -0.355 e. The molecule has 0 fully saturated rings. The number of nitrogens with zero attached hydrogens (tertiary/aromatic N) is 2. The molecule has 0 bridgehead atoms. The van der Waals surface area contributed by atoms with Crippen LogP contribution < -0.4 is 15.4 Å². The quantitative estimate of drug-likeness (QED) is 0.223. The molecule has 0 radical (unpaired) electrons. The van der Waals surface area contributed by atoms with Crippen molar-refractivity contribution >= 4 is 40.0 Å². The van der Waals surface area contributed by atoms with E-state index in [2.05, 4.69) is 52.9 Å². The first-order valence-corrected chi connectivity index (χ1v) is 12.0. The zero-order chi connectivity index (χ0) is 22.0. The number of hydrogen-bond donors (Lipinski definition) is 3. The Morgan fingerprint density at radius 1 is 1.00 bits per heavy atom. The summed E-state index contributed by atoms with van der Waals surface area (Å²) in [5.41, 5.74) is 1.73. The highest BCUT2D eigenvalue weighted by Crippen LogP contribution is 2.12. The van der Waals surface area contributed by atoms with Crippen molar-refractivity contribution in [3.05, 3.63) is 35.4 Å². The van der Waals surface area contributed by atoms with Crippen molar-refractivity contribution in [3.8, 4) is 0 Å². The molecule has 1 rings (SSSR count). The highest BCUT2D eigenvalue weighted by atomic mass is 127. The molecule has 0 heterocycles. The zero-order valence-electron chi connectivity index (χ0n) is 19.4. The number of halogens is 1. The summed E-state index contributed by atoms with van der Waals surface area (Å²) in [7, 11) is -1.63. The van der Waals surface area contributed by atoms with Crippen molar-refractivity contribution < 1.29 is 8.42 Å². The van der Waals surface area contributed by atoms with E-state index in [1.807, 2.05) is 38.1 Å². The summed E-state index contributed by atoms with van der Waals surface area (Å²) in [5.74, 6) is 0.669. The highest BCUT2D eigenvalue weighted by molar-refractivity contribution is 14.0. The third-order valence-electron chi connectivity index (χ3n) is 4.54. The van der Waals surface area contributed by atoms with Crippen molar-refractivity contribution in [2.45, 2.75) is 72.0 Å². The first-order chi connectivity index (χ1) is 13.6. The van der Waals surface area contributed by atoms with Crippen molar-refractivity contribution in [2.24, 2.45) is 4.99 Å². The van der Waals surface area contributed by atoms with Crippen molar-refractivity contribution in [2.75, 3.05) is 20.1 Å². The number of guanidine groups is 1. The lowest BCUT2D eigenvalue weighted by molar-refractivity contribution is 0.178. The van der Waals surface area contributed by atoms with Gasteiger partial charge in [-0.25, -0.2) is 13.1 Å². The maximum absolute atomic E-state index is 12.3. The van der Waals surface area contributed by atoms with Gasteiger partial charge >= 0.3 is 0 Å². The Labute approximate surface area is 200 Å². The van der Waals surface area contributed by atoms with Gasteiger partial charge in [0.15, 0.2) is 5.96 Å². The number of nitrogens with one attached hydrogen (secondary N) is 3. The maximum atomic E-state index is 12.3. The van der Waals surface area contributed by atoms with Gasteiger partial charge in [0.05, 0.1) is 5.75 Å². The van der Waals surface area contributed by atoms with Gasteiger partial charge in [0.25, 0.3) is 0 Å². The molecule has 0 aliphatic heterocycles. The van der Waals surface area contributed by atoms with E-state index in [1.165, 1.54) is 0 Å². The molecule has 0 aliphatic carbocycles. The number of rotatable bonds is 11. The van der Waals surface area contributed by atoms with Crippen LogP contribution in [-0.4, -0.2) is 57.5 Å². The van der Waals surface area contributed by atoms with Crippen molar-refractivity contribution in [1.29, 1.82) is 0 Å². The highest BCUT2D eigenvalue weighted by Gasteiger charge is 2.16. The second-order valence-electron chi connectivity index (χ2n) is 8.08. The Morgan fingerprint density at radius 2 is 1.57 bits per heavy atom. The summed E-state index contributed by atoms with van der Waals surface area (Å²) >= 11 is 0. The van der Waals surface area contributed by atoms with E-state index in [9.17, 15) is 8.42 Å². The third-order valence-corrected chi connectivity index (χ3v) is 6.06. The normalized spacial score (nSPS) is 12.6. The molecule has 3 N–H and O–H groups in total. The van der Waals surface area contributed by atoms with Gasteiger partial charge in [0, 0.05) is 44.8 Å². The van der Waals surface area contributed by atoms with E-state index >= 15 is 0 Å². The van der Waals surface area contributed by atoms with Crippen LogP contribution in [0.25, 0.3) is 0 Å². The monoisotopic (exact) mass is 553 g/mol. The summed E-state index contributed by atoms with van der Waals surface area (Å²) in [6, 6.07) is 8.44. The lowest BCUT2D eigenvalue weighted by atomic mass is 10.1. The summed E-state index contributed by atoms with van der Waals surface area (Å²) in [4.78, 5) is 6.70. The van der Waals surface area contributed by atoms with Gasteiger partial charge in [-0.15, -0.1) is 24.0 Å². The fourth-order valence-electron chi connectivity index (χ4n) is 3.29. The summed E-state index contributed by atoms with van der Waals surface area (Å²) in [5, 5.41) is 6.63. The summed E-state index contributed by atoms with van der Waals surface area (Å²) in [6.45, 7) is 14.7. The minimum absolute atomic E-state index is 0. The topological polar surface area (TPSA) is 85.8 Å². The van der Waals surface area contributed by atoms with Crippen LogP contribution in [0.2, 0.25) is 0 Å². The number of benzene rings is 1. The molecule has 1 aromatic rings. The molecular weight excluding hydrogens is 513 g/mol. The largest absolute Gasteiger partial charge is 0.355 e. The smallest absolute Gasteiger partial charge is 0.216 e. The second-order valence-corrected chi connectivity index (χ2v) is 9.83. The van der Waals surface area contributed by atoms with Gasteiger partial charge in [0.1, 0.15) is 0 Å². The van der Waals surface area contributed by atoms with Crippen LogP contribution in [0.4, 0.5) is 0 Å². The number of sulfonamides is 1. The van der Waals surface area contributed by atoms with E-state index in [1.54, 1.807) is 7.05 Å². The van der Waals surface area contributed by atoms with Crippen molar-refractivity contribution in [3.63, 3.8) is 0 Å². The predicted molar refractivity (Wildman–Crippen MR) is 138 cm³/mol. The Bertz CT molecular complexity index is 744. The van der Waals surface area contributed by atoms with E-state index in [4.69, 9.17) is 0 Å². The van der Waals surface area contributed by atoms with E-state index < -0.39 is 10.0 Å². The van der Waals surface area contributed by atoms with Crippen LogP contribution in [0.1, 0.15) is 52.7 Å². The molecule has 0 atom stereocenters. The van der Waals surface area contributed by atoms with Crippen LogP contribution >= 0.6 is 24.0 Å². The third kappa shape index (κ3) is 10.9. The first-order valence-electron chi connectivity index (χ1n) is 10.3. The average molecular weight is 554 g/mol. The second kappa shape index (κ2) is 14.2. The molecule has 174 valence electrons. The maximum Gasteiger partial charge on any atom is 0.216 e. The van der Waals surface area contributed by atoms with Gasteiger partial charge in [-0.1, -0.05) is 24.3 Å². The molecule has 0 saturated carbocycles. The fourth-order valence-corrected chi connectivity index (χ4v) is 4.78. The van der Waals surface area contributed by atoms with Crippen molar-refractivity contribution in [1.82, 2.24) is 20.3 Å². The van der Waals surface area contributed by atoms with Gasteiger partial charge in [-0.2, -0.15) is 0 Å². The molecule has 0 amide bonds. The van der Waals surface area contributed by atoms with Crippen LogP contribution in [0.5, 0.6) is 0 Å². The van der Waals surface area contributed by atoms with E-state index in [-0.39, 0.29) is 35.8 Å². The van der Waals surface area contributed by atoms with Gasteiger partial charge < -0.3 is 10.6 Å². The van der Waals surface area contributed by atoms with Crippen LogP contribution in [0.15, 0.2) is 29.3 Å². The lowest BCUT2D eigenvalue weighted by Crippen LogP contribution is -2.45. The van der Waals surface area contributed by atoms with E-state index in [0.717, 1.165) is 24.2 Å². The number of aliphatic imine (C=N–C) groups is 1. The van der Waals surface area contributed by atoms with Crippen LogP contribution in [-0.2, 0) is 22.3 Å². The zero-order valence-corrected chi connectivity index (χ0v) is 22.5. The molecule has 9 heteroatoms. The molecule has 0 aliphatic rings. The van der Waals surface area contributed by atoms with Gasteiger partial charge in [-0.3, -0.25) is 9.89 Å². The molecule has 0 spiro atoms. The molecule has 30 heavy (non-hydrogen) atoms. The Balaban J connectivity index is 0.00000841. The summed E-state index contributed by atoms with van der Waals surface area (Å²) < 4.78 is 27.2. The van der Waals surface area contributed by atoms with Gasteiger partial charge in [0.2, 0.25) is 10.0 Å². The number of hydrogen-bond acceptors (Lipinski definition) is 4. The molecule has 0 saturated heterocycles. The first kappa shape index (κ1) is 29.1. The Kier molecular flexibility index (Phi) is 13.8. The molecule has 0 unspecified atom stereocenters. The molecular formula is C21H40IN5O2S. The lowest BCUT2D eigenvalue weighted by Gasteiger charge is -2.30. The Morgan fingerprint density at radius 3 is 2.07 bits per heavy atom. The molecule has 1 aromatic carbocycles. The van der Waals surface area contributed by atoms with Gasteiger partial charge in [-0.05, 0) is 52.7 Å². The SMILES string of the molecule is CN=C(NCCN(C(C)C)C(C)C)NCc1ccccc1CS(=O)(=O)NC(C)C.I. The molecule has 7 nitrogen and oxygen atoms in total.